The van der Waals surface area contributed by atoms with E-state index in [1.165, 1.54) is 6.07 Å². The van der Waals surface area contributed by atoms with Gasteiger partial charge in [0.2, 0.25) is 0 Å². The van der Waals surface area contributed by atoms with Gasteiger partial charge in [-0.1, -0.05) is 60.7 Å². The highest BCUT2D eigenvalue weighted by Gasteiger charge is 2.52. The molecular weight excluding hydrogens is 478 g/mol. The van der Waals surface area contributed by atoms with Crippen LogP contribution in [0.2, 0.25) is 0 Å². The number of aliphatic imine (C=N–C) groups is 1. The number of nitrogens with zero attached hydrogens (tertiary/aromatic N) is 2. The summed E-state index contributed by atoms with van der Waals surface area (Å²) >= 11 is 0. The Morgan fingerprint density at radius 2 is 1.53 bits per heavy atom. The summed E-state index contributed by atoms with van der Waals surface area (Å²) in [6, 6.07) is 25.6. The fourth-order valence-electron chi connectivity index (χ4n) is 4.53. The Bertz CT molecular complexity index is 1630. The van der Waals surface area contributed by atoms with Crippen LogP contribution in [0.1, 0.15) is 48.5 Å². The maximum Gasteiger partial charge on any atom is 0.495 e. The summed E-state index contributed by atoms with van der Waals surface area (Å²) in [5, 5.41) is 10.3. The van der Waals surface area contributed by atoms with Crippen LogP contribution < -0.4 is 10.2 Å². The molecule has 7 heteroatoms. The molecule has 5 nitrogen and oxygen atoms in total. The minimum absolute atomic E-state index is 0.206. The first-order valence-corrected chi connectivity index (χ1v) is 12.2. The van der Waals surface area contributed by atoms with Gasteiger partial charge < -0.3 is 14.0 Å². The topological polar surface area (TPSA) is 63.8 Å². The van der Waals surface area contributed by atoms with Gasteiger partial charge in [-0.05, 0) is 56.7 Å². The van der Waals surface area contributed by atoms with Gasteiger partial charge in [-0.2, -0.15) is 5.26 Å². The highest BCUT2D eigenvalue weighted by Crippen LogP contribution is 2.39. The molecule has 0 aliphatic carbocycles. The van der Waals surface area contributed by atoms with Crippen molar-refractivity contribution >= 4 is 34.8 Å². The Morgan fingerprint density at radius 3 is 2.05 bits per heavy atom. The van der Waals surface area contributed by atoms with E-state index in [1.54, 1.807) is 18.2 Å². The van der Waals surface area contributed by atoms with Crippen molar-refractivity contribution < 1.29 is 22.5 Å². The van der Waals surface area contributed by atoms with Crippen LogP contribution in [0.5, 0.6) is 5.75 Å². The third kappa shape index (κ3) is 4.47. The third-order valence-corrected chi connectivity index (χ3v) is 7.22. The van der Waals surface area contributed by atoms with Gasteiger partial charge in [-0.3, -0.25) is 0 Å². The highest BCUT2D eigenvalue weighted by atomic mass is 19.1. The first-order chi connectivity index (χ1) is 19.3. The SMILES string of the molecule is [2H]C([2H])([2H])Oc1c(C#N)c(F)cc2cc(N=C(c3ccccc3)c3ccccc3)cc(B3OC(C)(C)C(C)(C)O3)c12. The fraction of sp³-hybridized carbons (Fsp3) is 0.226. The summed E-state index contributed by atoms with van der Waals surface area (Å²) in [4.78, 5) is 5.00. The van der Waals surface area contributed by atoms with Crippen molar-refractivity contribution in [1.29, 1.82) is 5.26 Å². The van der Waals surface area contributed by atoms with Gasteiger partial charge in [-0.15, -0.1) is 0 Å². The van der Waals surface area contributed by atoms with Crippen LogP contribution in [-0.2, 0) is 9.31 Å². The molecule has 0 N–H and O–H groups in total. The van der Waals surface area contributed by atoms with Gasteiger partial charge >= 0.3 is 7.12 Å². The monoisotopic (exact) mass is 509 g/mol. The lowest BCUT2D eigenvalue weighted by molar-refractivity contribution is 0.00578. The molecule has 0 amide bonds. The van der Waals surface area contributed by atoms with Crippen molar-refractivity contribution in [3.63, 3.8) is 0 Å². The van der Waals surface area contributed by atoms with Crippen LogP contribution in [0.15, 0.2) is 83.9 Å². The molecule has 0 bridgehead atoms. The van der Waals surface area contributed by atoms with Gasteiger partial charge in [0.1, 0.15) is 23.2 Å². The molecule has 1 fully saturated rings. The zero-order valence-electron chi connectivity index (χ0n) is 24.6. The van der Waals surface area contributed by atoms with Crippen LogP contribution in [0.4, 0.5) is 10.1 Å². The molecule has 0 radical (unpaired) electrons. The molecule has 0 unspecified atom stereocenters. The van der Waals surface area contributed by atoms with E-state index in [1.807, 2.05) is 88.4 Å². The van der Waals surface area contributed by atoms with E-state index < -0.39 is 42.5 Å². The molecule has 1 saturated heterocycles. The number of fused-ring (bicyclic) bond motifs is 1. The standard InChI is InChI=1S/C31H28BFN2O3/c1-30(2)31(3,4)38-32(37-30)25-18-23(16-22-17-26(33)24(19-34)29(36-5)27(22)25)35-28(20-12-8-6-9-13-20)21-14-10-7-11-15-21/h6-18H,1-5H3/i5D3. The van der Waals surface area contributed by atoms with E-state index in [-0.39, 0.29) is 10.8 Å². The predicted octanol–water partition coefficient (Wildman–Crippen LogP) is 6.33. The van der Waals surface area contributed by atoms with E-state index >= 15 is 4.39 Å². The van der Waals surface area contributed by atoms with Crippen molar-refractivity contribution in [3.05, 3.63) is 101 Å². The van der Waals surface area contributed by atoms with Crippen molar-refractivity contribution in [2.24, 2.45) is 4.99 Å². The number of nitriles is 1. The van der Waals surface area contributed by atoms with Crippen molar-refractivity contribution in [3.8, 4) is 11.8 Å². The quantitative estimate of drug-likeness (QED) is 0.233. The average molecular weight is 509 g/mol. The lowest BCUT2D eigenvalue weighted by atomic mass is 9.75. The maximum atomic E-state index is 15.3. The smallest absolute Gasteiger partial charge is 0.495 e. The van der Waals surface area contributed by atoms with Crippen molar-refractivity contribution in [2.45, 2.75) is 38.9 Å². The summed E-state index contributed by atoms with van der Waals surface area (Å²) < 4.78 is 56.3. The van der Waals surface area contributed by atoms with Gasteiger partial charge in [0.15, 0.2) is 0 Å². The molecule has 0 saturated carbocycles. The third-order valence-electron chi connectivity index (χ3n) is 7.22. The van der Waals surface area contributed by atoms with Crippen LogP contribution >= 0.6 is 0 Å². The second kappa shape index (κ2) is 9.72. The highest BCUT2D eigenvalue weighted by molar-refractivity contribution is 6.65. The Balaban J connectivity index is 1.83. The lowest BCUT2D eigenvalue weighted by Crippen LogP contribution is -2.41. The van der Waals surface area contributed by atoms with Gasteiger partial charge in [-0.25, -0.2) is 9.38 Å². The molecule has 190 valence electrons. The van der Waals surface area contributed by atoms with Gasteiger partial charge in [0.25, 0.3) is 0 Å². The number of hydrogen-bond donors (Lipinski definition) is 0. The first kappa shape index (κ1) is 22.0. The number of methoxy groups -OCH3 is 1. The molecule has 4 aromatic carbocycles. The summed E-state index contributed by atoms with van der Waals surface area (Å²) in [6.45, 7) is 7.56. The van der Waals surface area contributed by atoms with Gasteiger partial charge in [0.05, 0.1) is 33.8 Å². The average Bonchev–Trinajstić information content (AvgIpc) is 3.13. The van der Waals surface area contributed by atoms with E-state index in [0.717, 1.165) is 11.1 Å². The summed E-state index contributed by atoms with van der Waals surface area (Å²) in [7, 11) is -3.92. The zero-order chi connectivity index (χ0) is 29.6. The fourth-order valence-corrected chi connectivity index (χ4v) is 4.53. The Labute approximate surface area is 226 Å². The summed E-state index contributed by atoms with van der Waals surface area (Å²) in [5.41, 5.74) is 1.26. The molecule has 1 aliphatic heterocycles. The molecule has 38 heavy (non-hydrogen) atoms. The predicted molar refractivity (Wildman–Crippen MR) is 149 cm³/mol. The first-order valence-electron chi connectivity index (χ1n) is 13.7. The maximum absolute atomic E-state index is 15.3. The Morgan fingerprint density at radius 1 is 0.947 bits per heavy atom. The molecular formula is C31H28BFN2O3. The van der Waals surface area contributed by atoms with E-state index in [4.69, 9.17) is 23.2 Å². The van der Waals surface area contributed by atoms with Gasteiger partial charge in [0, 0.05) is 16.5 Å². The second-order valence-corrected chi connectivity index (χ2v) is 10.2. The second-order valence-electron chi connectivity index (χ2n) is 10.2. The number of ether oxygens (including phenoxy) is 1. The molecule has 1 heterocycles. The Hall–Kier alpha value is -3.99. The van der Waals surface area contributed by atoms with Crippen LogP contribution in [0, 0.1) is 17.1 Å². The molecule has 0 spiro atoms. The normalized spacial score (nSPS) is 17.3. The number of hydrogen-bond acceptors (Lipinski definition) is 5. The molecule has 1 aliphatic rings. The number of benzene rings is 4. The Kier molecular flexibility index (Phi) is 5.64. The van der Waals surface area contributed by atoms with E-state index in [0.29, 0.717) is 16.9 Å². The van der Waals surface area contributed by atoms with Crippen LogP contribution in [-0.4, -0.2) is 31.1 Å². The lowest BCUT2D eigenvalue weighted by Gasteiger charge is -2.32. The largest absolute Gasteiger partial charge is 0.495 e. The van der Waals surface area contributed by atoms with E-state index in [2.05, 4.69) is 0 Å². The van der Waals surface area contributed by atoms with Crippen LogP contribution in [0.3, 0.4) is 0 Å². The summed E-state index contributed by atoms with van der Waals surface area (Å²) in [5.74, 6) is -1.30. The summed E-state index contributed by atoms with van der Waals surface area (Å²) in [6.07, 6.45) is 0. The minimum atomic E-state index is -2.94. The number of halogens is 1. The van der Waals surface area contributed by atoms with E-state index in [9.17, 15) is 5.26 Å². The van der Waals surface area contributed by atoms with Crippen molar-refractivity contribution in [2.75, 3.05) is 7.04 Å². The zero-order valence-corrected chi connectivity index (χ0v) is 21.6. The van der Waals surface area contributed by atoms with Crippen molar-refractivity contribution in [1.82, 2.24) is 0 Å². The van der Waals surface area contributed by atoms with Crippen LogP contribution in [0.25, 0.3) is 10.8 Å². The number of rotatable bonds is 5. The molecule has 5 rings (SSSR count). The minimum Gasteiger partial charge on any atom is -0.495 e. The molecule has 4 aromatic rings. The molecule has 0 atom stereocenters. The molecule has 0 aromatic heterocycles.